The lowest BCUT2D eigenvalue weighted by Crippen LogP contribution is -2.50. The lowest BCUT2D eigenvalue weighted by Gasteiger charge is -2.34. The van der Waals surface area contributed by atoms with Gasteiger partial charge in [-0.1, -0.05) is 43.1 Å². The minimum absolute atomic E-state index is 0.170. The standard InChI is InChI=1S/C22H34Cl2N4O/c1-4-16(5-2)21(29)28-13-10-19(11-14-28)27-22(25-3)26-12-6-7-17-8-9-18(23)15-20(17)24/h8-9,15-16,19H,4-7,10-14H2,1-3H3,(H2,25,26,27). The van der Waals surface area contributed by atoms with Crippen LogP contribution >= 0.6 is 23.2 Å². The minimum atomic E-state index is 0.170. The summed E-state index contributed by atoms with van der Waals surface area (Å²) in [4.78, 5) is 18.9. The fraction of sp³-hybridized carbons (Fsp3) is 0.636. The Kier molecular flexibility index (Phi) is 10.1. The number of nitrogens with zero attached hydrogens (tertiary/aromatic N) is 2. The second-order valence-corrected chi connectivity index (χ2v) is 8.44. The van der Waals surface area contributed by atoms with Crippen LogP contribution in [-0.4, -0.2) is 49.5 Å². The molecule has 1 aliphatic rings. The number of piperidine rings is 1. The zero-order chi connectivity index (χ0) is 21.2. The Hall–Kier alpha value is -1.46. The van der Waals surface area contributed by atoms with E-state index in [9.17, 15) is 4.79 Å². The number of rotatable bonds is 8. The third-order valence-electron chi connectivity index (χ3n) is 5.64. The second-order valence-electron chi connectivity index (χ2n) is 7.60. The Morgan fingerprint density at radius 3 is 2.52 bits per heavy atom. The zero-order valence-corrected chi connectivity index (χ0v) is 19.3. The van der Waals surface area contributed by atoms with Crippen LogP contribution in [0.5, 0.6) is 0 Å². The third-order valence-corrected chi connectivity index (χ3v) is 6.22. The van der Waals surface area contributed by atoms with E-state index in [1.54, 1.807) is 13.1 Å². The second kappa shape index (κ2) is 12.3. The molecule has 29 heavy (non-hydrogen) atoms. The largest absolute Gasteiger partial charge is 0.356 e. The summed E-state index contributed by atoms with van der Waals surface area (Å²) in [5.41, 5.74) is 1.11. The van der Waals surface area contributed by atoms with E-state index in [4.69, 9.17) is 23.2 Å². The maximum atomic E-state index is 12.5. The number of aryl methyl sites for hydroxylation is 1. The molecule has 0 aromatic heterocycles. The molecule has 0 atom stereocenters. The highest BCUT2D eigenvalue weighted by Gasteiger charge is 2.26. The fourth-order valence-electron chi connectivity index (χ4n) is 3.74. The first kappa shape index (κ1) is 23.8. The van der Waals surface area contributed by atoms with Crippen molar-refractivity contribution in [1.82, 2.24) is 15.5 Å². The number of hydrogen-bond donors (Lipinski definition) is 2. The summed E-state index contributed by atoms with van der Waals surface area (Å²) in [5.74, 6) is 1.30. The molecule has 1 aromatic carbocycles. The van der Waals surface area contributed by atoms with Gasteiger partial charge in [0.05, 0.1) is 0 Å². The lowest BCUT2D eigenvalue weighted by molar-refractivity contribution is -0.136. The molecule has 7 heteroatoms. The minimum Gasteiger partial charge on any atom is -0.356 e. The van der Waals surface area contributed by atoms with Gasteiger partial charge in [0.25, 0.3) is 0 Å². The summed E-state index contributed by atoms with van der Waals surface area (Å²) in [5, 5.41) is 8.25. The van der Waals surface area contributed by atoms with Crippen LogP contribution in [0.15, 0.2) is 23.2 Å². The molecule has 1 heterocycles. The van der Waals surface area contributed by atoms with Gasteiger partial charge in [0.1, 0.15) is 0 Å². The maximum Gasteiger partial charge on any atom is 0.225 e. The molecular formula is C22H34Cl2N4O. The molecule has 0 aliphatic carbocycles. The van der Waals surface area contributed by atoms with Gasteiger partial charge in [-0.05, 0) is 56.2 Å². The number of carbonyl (C=O) groups is 1. The van der Waals surface area contributed by atoms with Gasteiger partial charge < -0.3 is 15.5 Å². The van der Waals surface area contributed by atoms with E-state index in [2.05, 4.69) is 29.5 Å². The number of nitrogens with one attached hydrogen (secondary N) is 2. The van der Waals surface area contributed by atoms with Gasteiger partial charge in [0, 0.05) is 48.7 Å². The predicted octanol–water partition coefficient (Wildman–Crippen LogP) is 4.52. The molecule has 0 spiro atoms. The highest BCUT2D eigenvalue weighted by atomic mass is 35.5. The van der Waals surface area contributed by atoms with E-state index in [0.29, 0.717) is 17.0 Å². The van der Waals surface area contributed by atoms with Gasteiger partial charge >= 0.3 is 0 Å². The number of benzene rings is 1. The van der Waals surface area contributed by atoms with Crippen LogP contribution in [0.4, 0.5) is 0 Å². The smallest absolute Gasteiger partial charge is 0.225 e. The monoisotopic (exact) mass is 440 g/mol. The fourth-order valence-corrected chi connectivity index (χ4v) is 4.24. The number of amides is 1. The summed E-state index contributed by atoms with van der Waals surface area (Å²) in [6.07, 6.45) is 5.58. The van der Waals surface area contributed by atoms with Gasteiger partial charge in [-0.2, -0.15) is 0 Å². The Balaban J connectivity index is 1.70. The molecule has 0 unspecified atom stereocenters. The highest BCUT2D eigenvalue weighted by molar-refractivity contribution is 6.35. The first-order valence-electron chi connectivity index (χ1n) is 10.7. The number of carbonyl (C=O) groups excluding carboxylic acids is 1. The first-order valence-corrected chi connectivity index (χ1v) is 11.4. The van der Waals surface area contributed by atoms with Crippen molar-refractivity contribution in [3.63, 3.8) is 0 Å². The van der Waals surface area contributed by atoms with Crippen LogP contribution in [0.2, 0.25) is 10.0 Å². The number of guanidine groups is 1. The molecule has 1 amide bonds. The quantitative estimate of drug-likeness (QED) is 0.354. The van der Waals surface area contributed by atoms with Crippen molar-refractivity contribution >= 4 is 35.1 Å². The third kappa shape index (κ3) is 7.38. The van der Waals surface area contributed by atoms with Crippen molar-refractivity contribution in [2.24, 2.45) is 10.9 Å². The predicted molar refractivity (Wildman–Crippen MR) is 123 cm³/mol. The average molecular weight is 441 g/mol. The molecule has 1 aromatic rings. The molecule has 2 N–H and O–H groups in total. The van der Waals surface area contributed by atoms with Crippen LogP contribution in [0, 0.1) is 5.92 Å². The van der Waals surface area contributed by atoms with Gasteiger partial charge in [-0.25, -0.2) is 0 Å². The van der Waals surface area contributed by atoms with Crippen molar-refractivity contribution in [2.45, 2.75) is 58.4 Å². The van der Waals surface area contributed by atoms with Crippen LogP contribution in [0.25, 0.3) is 0 Å². The molecule has 1 aliphatic heterocycles. The van der Waals surface area contributed by atoms with Crippen LogP contribution in [-0.2, 0) is 11.2 Å². The molecule has 1 fully saturated rings. The number of likely N-dealkylation sites (tertiary alicyclic amines) is 1. The Labute approximate surface area is 185 Å². The van der Waals surface area contributed by atoms with Crippen molar-refractivity contribution in [3.8, 4) is 0 Å². The normalized spacial score (nSPS) is 15.7. The molecule has 5 nitrogen and oxygen atoms in total. The van der Waals surface area contributed by atoms with E-state index in [1.807, 2.05) is 17.0 Å². The van der Waals surface area contributed by atoms with Crippen LogP contribution in [0.3, 0.4) is 0 Å². The van der Waals surface area contributed by atoms with E-state index < -0.39 is 0 Å². The van der Waals surface area contributed by atoms with Gasteiger partial charge in [0.15, 0.2) is 5.96 Å². The van der Waals surface area contributed by atoms with Crippen molar-refractivity contribution in [1.29, 1.82) is 0 Å². The van der Waals surface area contributed by atoms with E-state index in [-0.39, 0.29) is 5.92 Å². The van der Waals surface area contributed by atoms with E-state index in [1.165, 1.54) is 0 Å². The van der Waals surface area contributed by atoms with Gasteiger partial charge in [-0.3, -0.25) is 9.79 Å². The summed E-state index contributed by atoms with van der Waals surface area (Å²) >= 11 is 12.2. The summed E-state index contributed by atoms with van der Waals surface area (Å²) in [6.45, 7) is 6.64. The van der Waals surface area contributed by atoms with Crippen molar-refractivity contribution < 1.29 is 4.79 Å². The Bertz CT molecular complexity index is 683. The van der Waals surface area contributed by atoms with Crippen LogP contribution in [0.1, 0.15) is 51.5 Å². The van der Waals surface area contributed by atoms with Crippen molar-refractivity contribution in [3.05, 3.63) is 33.8 Å². The average Bonchev–Trinajstić information content (AvgIpc) is 2.72. The highest BCUT2D eigenvalue weighted by Crippen LogP contribution is 2.22. The Morgan fingerprint density at radius 1 is 1.24 bits per heavy atom. The number of halogens is 2. The first-order chi connectivity index (χ1) is 14.0. The SMILES string of the molecule is CCC(CC)C(=O)N1CCC(NC(=NC)NCCCc2ccc(Cl)cc2Cl)CC1. The number of hydrogen-bond acceptors (Lipinski definition) is 2. The zero-order valence-electron chi connectivity index (χ0n) is 17.8. The molecule has 0 saturated carbocycles. The Morgan fingerprint density at radius 2 is 1.93 bits per heavy atom. The molecule has 162 valence electrons. The topological polar surface area (TPSA) is 56.7 Å². The molecule has 0 radical (unpaired) electrons. The van der Waals surface area contributed by atoms with Crippen molar-refractivity contribution in [2.75, 3.05) is 26.7 Å². The molecule has 1 saturated heterocycles. The lowest BCUT2D eigenvalue weighted by atomic mass is 9.98. The summed E-state index contributed by atoms with van der Waals surface area (Å²) in [7, 11) is 1.79. The summed E-state index contributed by atoms with van der Waals surface area (Å²) < 4.78 is 0. The maximum absolute atomic E-state index is 12.5. The van der Waals surface area contributed by atoms with Crippen LogP contribution < -0.4 is 10.6 Å². The van der Waals surface area contributed by atoms with Gasteiger partial charge in [-0.15, -0.1) is 0 Å². The summed E-state index contributed by atoms with van der Waals surface area (Å²) in [6, 6.07) is 5.98. The molecule has 2 rings (SSSR count). The number of aliphatic imine (C=N–C) groups is 1. The molecule has 0 bridgehead atoms. The van der Waals surface area contributed by atoms with E-state index >= 15 is 0 Å². The molecular weight excluding hydrogens is 407 g/mol. The van der Waals surface area contributed by atoms with E-state index in [0.717, 1.165) is 74.7 Å². The van der Waals surface area contributed by atoms with Gasteiger partial charge in [0.2, 0.25) is 5.91 Å².